The quantitative estimate of drug-likeness (QED) is 0.285. The highest BCUT2D eigenvalue weighted by Crippen LogP contribution is 2.28. The molecule has 180 valence electrons. The van der Waals surface area contributed by atoms with E-state index in [0.717, 1.165) is 102 Å². The van der Waals surface area contributed by atoms with Gasteiger partial charge in [-0.15, -0.1) is 0 Å². The Bertz CT molecular complexity index is 1240. The number of fused-ring (bicyclic) bond motifs is 2. The predicted octanol–water partition coefficient (Wildman–Crippen LogP) is 4.41. The molecule has 1 saturated heterocycles. The van der Waals surface area contributed by atoms with Gasteiger partial charge in [0, 0.05) is 49.9 Å². The highest BCUT2D eigenvalue weighted by molar-refractivity contribution is 7.99. The van der Waals surface area contributed by atoms with Crippen molar-refractivity contribution in [3.63, 3.8) is 0 Å². The van der Waals surface area contributed by atoms with E-state index in [1.807, 2.05) is 37.4 Å². The number of hydrogen-bond donors (Lipinski definition) is 0. The van der Waals surface area contributed by atoms with Gasteiger partial charge in [0.1, 0.15) is 5.82 Å². The van der Waals surface area contributed by atoms with Crippen LogP contribution in [0.25, 0.3) is 10.9 Å². The summed E-state index contributed by atoms with van der Waals surface area (Å²) in [4.78, 5) is 27.3. The third-order valence-corrected chi connectivity index (χ3v) is 8.48. The van der Waals surface area contributed by atoms with Gasteiger partial charge in [0.2, 0.25) is 0 Å². The molecule has 0 amide bonds. The first-order valence-electron chi connectivity index (χ1n) is 12.2. The van der Waals surface area contributed by atoms with Gasteiger partial charge in [0.05, 0.1) is 16.2 Å². The van der Waals surface area contributed by atoms with Gasteiger partial charge >= 0.3 is 0 Å². The number of rotatable bonds is 6. The summed E-state index contributed by atoms with van der Waals surface area (Å²) in [5.74, 6) is 2.51. The first-order chi connectivity index (χ1) is 16.5. The fourth-order valence-corrected chi connectivity index (χ4v) is 6.14. The van der Waals surface area contributed by atoms with Gasteiger partial charge < -0.3 is 4.90 Å². The highest BCUT2D eigenvalue weighted by Gasteiger charge is 2.22. The van der Waals surface area contributed by atoms with E-state index >= 15 is 0 Å². The lowest BCUT2D eigenvalue weighted by Crippen LogP contribution is -2.47. The molecule has 8 heteroatoms. The maximum Gasteiger partial charge on any atom is 0.257 e. The van der Waals surface area contributed by atoms with Gasteiger partial charge in [0.15, 0.2) is 5.16 Å². The van der Waals surface area contributed by atoms with Gasteiger partial charge in [-0.25, -0.2) is 9.97 Å². The molecular formula is C26H32ClN5OS. The van der Waals surface area contributed by atoms with Gasteiger partial charge in [0.25, 0.3) is 5.56 Å². The standard InChI is InChI=1S/C26H32ClN5OS/c1-18-8-9-23-20(16-18)25(33)30(2)26(29-23)34-15-5-10-31-11-13-32(14-12-31)24-17-21(27)19-6-3-4-7-22(19)28-24/h3-4,6-7,17-18H,5,8-16H2,1-2H3. The number of para-hydroxylation sites is 1. The van der Waals surface area contributed by atoms with Crippen molar-refractivity contribution in [3.05, 3.63) is 57.0 Å². The van der Waals surface area contributed by atoms with Crippen molar-refractivity contribution in [1.82, 2.24) is 19.4 Å². The summed E-state index contributed by atoms with van der Waals surface area (Å²) in [6.07, 6.45) is 4.01. The molecule has 1 fully saturated rings. The first-order valence-corrected chi connectivity index (χ1v) is 13.6. The smallest absolute Gasteiger partial charge is 0.257 e. The Morgan fingerprint density at radius 1 is 1.15 bits per heavy atom. The summed E-state index contributed by atoms with van der Waals surface area (Å²) in [5.41, 5.74) is 3.06. The number of thioether (sulfide) groups is 1. The zero-order chi connectivity index (χ0) is 23.7. The van der Waals surface area contributed by atoms with Gasteiger partial charge in [-0.2, -0.15) is 0 Å². The third kappa shape index (κ3) is 4.97. The van der Waals surface area contributed by atoms with Crippen LogP contribution in [-0.2, 0) is 19.9 Å². The Morgan fingerprint density at radius 2 is 1.94 bits per heavy atom. The second-order valence-corrected chi connectivity index (χ2v) is 11.0. The van der Waals surface area contributed by atoms with Crippen molar-refractivity contribution in [1.29, 1.82) is 0 Å². The third-order valence-electron chi connectivity index (χ3n) is 7.05. The molecular weight excluding hydrogens is 466 g/mol. The lowest BCUT2D eigenvalue weighted by Gasteiger charge is -2.35. The molecule has 0 saturated carbocycles. The van der Waals surface area contributed by atoms with Crippen LogP contribution in [0, 0.1) is 5.92 Å². The summed E-state index contributed by atoms with van der Waals surface area (Å²) >= 11 is 8.22. The monoisotopic (exact) mass is 497 g/mol. The molecule has 34 heavy (non-hydrogen) atoms. The Labute approximate surface area is 210 Å². The van der Waals surface area contributed by atoms with Gasteiger partial charge in [-0.05, 0) is 50.3 Å². The lowest BCUT2D eigenvalue weighted by atomic mass is 9.89. The van der Waals surface area contributed by atoms with Crippen LogP contribution >= 0.6 is 23.4 Å². The van der Waals surface area contributed by atoms with Crippen LogP contribution in [0.4, 0.5) is 5.82 Å². The maximum absolute atomic E-state index is 12.8. The van der Waals surface area contributed by atoms with E-state index in [9.17, 15) is 4.79 Å². The number of aryl methyl sites for hydroxylation is 1. The summed E-state index contributed by atoms with van der Waals surface area (Å²) in [6, 6.07) is 10.0. The van der Waals surface area contributed by atoms with Crippen molar-refractivity contribution in [3.8, 4) is 0 Å². The Kier molecular flexibility index (Phi) is 7.14. The number of anilines is 1. The molecule has 1 unspecified atom stereocenters. The molecule has 0 spiro atoms. The van der Waals surface area contributed by atoms with E-state index in [1.54, 1.807) is 16.3 Å². The highest BCUT2D eigenvalue weighted by atomic mass is 35.5. The van der Waals surface area contributed by atoms with Crippen molar-refractivity contribution in [2.75, 3.05) is 43.4 Å². The van der Waals surface area contributed by atoms with Crippen molar-refractivity contribution in [2.45, 2.75) is 37.8 Å². The van der Waals surface area contributed by atoms with E-state index in [0.29, 0.717) is 5.92 Å². The fourth-order valence-electron chi connectivity index (χ4n) is 4.98. The van der Waals surface area contributed by atoms with Crippen LogP contribution in [0.3, 0.4) is 0 Å². The van der Waals surface area contributed by atoms with Crippen LogP contribution < -0.4 is 10.5 Å². The average molecular weight is 498 g/mol. The van der Waals surface area contributed by atoms with Crippen LogP contribution in [0.5, 0.6) is 0 Å². The molecule has 3 heterocycles. The lowest BCUT2D eigenvalue weighted by molar-refractivity contribution is 0.258. The molecule has 1 aliphatic heterocycles. The van der Waals surface area contributed by atoms with Gasteiger partial charge in [-0.3, -0.25) is 14.3 Å². The summed E-state index contributed by atoms with van der Waals surface area (Å²) in [5, 5.41) is 2.63. The Morgan fingerprint density at radius 3 is 2.76 bits per heavy atom. The number of piperazine rings is 1. The predicted molar refractivity (Wildman–Crippen MR) is 141 cm³/mol. The number of nitrogens with zero attached hydrogens (tertiary/aromatic N) is 5. The number of hydrogen-bond acceptors (Lipinski definition) is 6. The number of halogens is 1. The van der Waals surface area contributed by atoms with E-state index < -0.39 is 0 Å². The molecule has 1 aromatic carbocycles. The first kappa shape index (κ1) is 23.6. The second kappa shape index (κ2) is 10.3. The largest absolute Gasteiger partial charge is 0.354 e. The van der Waals surface area contributed by atoms with Crippen LogP contribution in [0.2, 0.25) is 5.02 Å². The van der Waals surface area contributed by atoms with E-state index in [2.05, 4.69) is 16.7 Å². The maximum atomic E-state index is 12.8. The van der Waals surface area contributed by atoms with Crippen molar-refractivity contribution in [2.24, 2.45) is 13.0 Å². The number of pyridine rings is 1. The summed E-state index contributed by atoms with van der Waals surface area (Å²) < 4.78 is 1.75. The normalized spacial score (nSPS) is 18.9. The van der Waals surface area contributed by atoms with Crippen molar-refractivity contribution < 1.29 is 0 Å². The molecule has 6 nitrogen and oxygen atoms in total. The van der Waals surface area contributed by atoms with E-state index in [1.165, 1.54) is 0 Å². The van der Waals surface area contributed by atoms with Gasteiger partial charge in [-0.1, -0.05) is 48.5 Å². The van der Waals surface area contributed by atoms with Crippen LogP contribution in [0.1, 0.15) is 31.0 Å². The minimum absolute atomic E-state index is 0.151. The average Bonchev–Trinajstić information content (AvgIpc) is 2.85. The second-order valence-electron chi connectivity index (χ2n) is 9.54. The Hall–Kier alpha value is -2.09. The molecule has 0 bridgehead atoms. The van der Waals surface area contributed by atoms with E-state index in [4.69, 9.17) is 21.6 Å². The Balaban J connectivity index is 1.12. The topological polar surface area (TPSA) is 54.3 Å². The summed E-state index contributed by atoms with van der Waals surface area (Å²) in [7, 11) is 1.86. The van der Waals surface area contributed by atoms with Crippen LogP contribution in [0.15, 0.2) is 40.3 Å². The SMILES string of the molecule is CC1CCc2nc(SCCCN3CCN(c4cc(Cl)c5ccccc5n4)CC3)n(C)c(=O)c2C1. The van der Waals surface area contributed by atoms with Crippen molar-refractivity contribution >= 4 is 40.1 Å². The number of aromatic nitrogens is 3. The van der Waals surface area contributed by atoms with E-state index in [-0.39, 0.29) is 5.56 Å². The molecule has 1 atom stereocenters. The number of benzene rings is 1. The molecule has 1 aliphatic carbocycles. The zero-order valence-electron chi connectivity index (χ0n) is 20.0. The molecule has 3 aromatic rings. The molecule has 2 aromatic heterocycles. The minimum atomic E-state index is 0.151. The minimum Gasteiger partial charge on any atom is -0.354 e. The van der Waals surface area contributed by atoms with Crippen LogP contribution in [-0.4, -0.2) is 57.9 Å². The molecule has 0 N–H and O–H groups in total. The molecule has 5 rings (SSSR count). The molecule has 2 aliphatic rings. The molecule has 0 radical (unpaired) electrons. The zero-order valence-corrected chi connectivity index (χ0v) is 21.5. The summed E-state index contributed by atoms with van der Waals surface area (Å²) in [6.45, 7) is 7.22. The fraction of sp³-hybridized carbons (Fsp3) is 0.500.